The van der Waals surface area contributed by atoms with Crippen molar-refractivity contribution in [2.75, 3.05) is 53.7 Å². The van der Waals surface area contributed by atoms with Gasteiger partial charge in [-0.05, 0) is 81.3 Å². The average molecular weight is 660 g/mol. The van der Waals surface area contributed by atoms with Crippen molar-refractivity contribution < 1.29 is 38.1 Å². The number of alkyl carbamates (subject to hydrolysis) is 1. The summed E-state index contributed by atoms with van der Waals surface area (Å²) < 4.78 is 28.2. The van der Waals surface area contributed by atoms with E-state index in [0.29, 0.717) is 42.4 Å². The van der Waals surface area contributed by atoms with E-state index in [4.69, 9.17) is 30.5 Å². The van der Waals surface area contributed by atoms with E-state index >= 15 is 0 Å². The fourth-order valence-corrected chi connectivity index (χ4v) is 5.88. The van der Waals surface area contributed by atoms with Gasteiger partial charge >= 0.3 is 12.2 Å². The normalized spacial score (nSPS) is 17.2. The smallest absolute Gasteiger partial charge is 0.410 e. The highest BCUT2D eigenvalue weighted by Gasteiger charge is 2.30. The number of nitrogens with zero attached hydrogens (tertiary/aromatic N) is 1. The highest BCUT2D eigenvalue weighted by molar-refractivity contribution is 6.30. The molecule has 3 unspecified atom stereocenters. The number of hydrogen-bond donors (Lipinski definition) is 2. The van der Waals surface area contributed by atoms with Gasteiger partial charge in [0.1, 0.15) is 17.5 Å². The Hall–Kier alpha value is -3.54. The summed E-state index contributed by atoms with van der Waals surface area (Å²) in [4.78, 5) is 39.9. The average Bonchev–Trinajstić information content (AvgIpc) is 3.51. The lowest BCUT2D eigenvalue weighted by Gasteiger charge is -2.34. The Morgan fingerprint density at radius 2 is 1.93 bits per heavy atom. The van der Waals surface area contributed by atoms with Gasteiger partial charge in [0.05, 0.1) is 26.4 Å². The van der Waals surface area contributed by atoms with E-state index in [2.05, 4.69) is 15.4 Å². The zero-order chi connectivity index (χ0) is 33.3. The van der Waals surface area contributed by atoms with Gasteiger partial charge in [-0.15, -0.1) is 0 Å². The summed E-state index contributed by atoms with van der Waals surface area (Å²) in [7, 11) is 3.00. The van der Waals surface area contributed by atoms with Gasteiger partial charge in [0.2, 0.25) is 0 Å². The molecule has 2 N–H and O–H groups in total. The molecule has 1 saturated heterocycles. The molecular weight excluding hydrogens is 614 g/mol. The third kappa shape index (κ3) is 9.98. The van der Waals surface area contributed by atoms with Crippen LogP contribution in [0.15, 0.2) is 36.4 Å². The molecule has 0 saturated carbocycles. The van der Waals surface area contributed by atoms with Gasteiger partial charge < -0.3 is 39.2 Å². The van der Waals surface area contributed by atoms with Crippen LogP contribution >= 0.6 is 11.6 Å². The van der Waals surface area contributed by atoms with E-state index in [0.717, 1.165) is 36.1 Å². The summed E-state index contributed by atoms with van der Waals surface area (Å²) in [6, 6.07) is 10.6. The second kappa shape index (κ2) is 16.3. The molecule has 46 heavy (non-hydrogen) atoms. The van der Waals surface area contributed by atoms with Gasteiger partial charge in [-0.1, -0.05) is 23.7 Å². The largest absolute Gasteiger partial charge is 0.493 e. The Bertz CT molecular complexity index is 1360. The lowest BCUT2D eigenvalue weighted by molar-refractivity contribution is 0.0112. The summed E-state index contributed by atoms with van der Waals surface area (Å²) >= 11 is 6.36. The lowest BCUT2D eigenvalue weighted by atomic mass is 9.92. The number of rotatable bonds is 12. The van der Waals surface area contributed by atoms with Crippen molar-refractivity contribution in [2.24, 2.45) is 5.92 Å². The quantitative estimate of drug-likeness (QED) is 0.286. The fourth-order valence-electron chi connectivity index (χ4n) is 5.68. The number of carbonyl (C=O) groups is 3. The zero-order valence-electron chi connectivity index (χ0n) is 27.4. The maximum absolute atomic E-state index is 13.7. The molecule has 3 amide bonds. The van der Waals surface area contributed by atoms with Crippen LogP contribution < -0.4 is 15.4 Å². The standard InChI is InChI=1S/C34H46ClN3O8/c1-34(2,3)46-33(41)38(4)26(16-22-8-7-13-43-21-22)20-37-31(39)24-18-28(27-11-14-44-29(27)19-24)30(23-9-6-10-25(35)17-23)45-15-12-36-32(40)42-5/h6,9-10,17-19,22,26,30H,7-8,11-16,20-21H2,1-5H3,(H,36,40)(H,37,39). The minimum Gasteiger partial charge on any atom is -0.493 e. The summed E-state index contributed by atoms with van der Waals surface area (Å²) in [5.74, 6) is 0.580. The first-order chi connectivity index (χ1) is 21.9. The number of halogens is 1. The molecule has 2 aliphatic rings. The minimum atomic E-state index is -0.648. The topological polar surface area (TPSA) is 125 Å². The van der Waals surface area contributed by atoms with Crippen LogP contribution in [0.25, 0.3) is 0 Å². The third-order valence-corrected chi connectivity index (χ3v) is 8.21. The van der Waals surface area contributed by atoms with Gasteiger partial charge in [0.25, 0.3) is 5.91 Å². The van der Waals surface area contributed by atoms with E-state index in [-0.39, 0.29) is 37.6 Å². The Labute approximate surface area is 276 Å². The van der Waals surface area contributed by atoms with E-state index in [1.807, 2.05) is 45.0 Å². The predicted molar refractivity (Wildman–Crippen MR) is 174 cm³/mol. The number of likely N-dealkylation sites (N-methyl/N-ethyl adjacent to an activating group) is 1. The number of ether oxygens (including phenoxy) is 5. The van der Waals surface area contributed by atoms with Crippen LogP contribution in [-0.4, -0.2) is 88.3 Å². The zero-order valence-corrected chi connectivity index (χ0v) is 28.1. The molecule has 0 bridgehead atoms. The molecule has 0 aromatic heterocycles. The van der Waals surface area contributed by atoms with E-state index in [1.54, 1.807) is 24.1 Å². The molecule has 2 aromatic carbocycles. The molecule has 0 radical (unpaired) electrons. The molecule has 2 aromatic rings. The van der Waals surface area contributed by atoms with Gasteiger partial charge in [-0.25, -0.2) is 9.59 Å². The first kappa shape index (κ1) is 35.3. The summed E-state index contributed by atoms with van der Waals surface area (Å²) in [6.45, 7) is 7.96. The van der Waals surface area contributed by atoms with E-state index in [9.17, 15) is 14.4 Å². The van der Waals surface area contributed by atoms with Gasteiger partial charge in [0, 0.05) is 55.9 Å². The van der Waals surface area contributed by atoms with Crippen LogP contribution in [0.1, 0.15) is 73.2 Å². The number of fused-ring (bicyclic) bond motifs is 1. The van der Waals surface area contributed by atoms with Crippen LogP contribution in [0.2, 0.25) is 5.02 Å². The lowest BCUT2D eigenvalue weighted by Crippen LogP contribution is -2.48. The van der Waals surface area contributed by atoms with E-state index in [1.165, 1.54) is 7.11 Å². The SMILES string of the molecule is COC(=O)NCCOC(c1cccc(Cl)c1)c1cc(C(=O)NCC(CC2CCCOC2)N(C)C(=O)OC(C)(C)C)cc2c1CCO2. The molecule has 11 nitrogen and oxygen atoms in total. The van der Waals surface area contributed by atoms with Crippen molar-refractivity contribution in [3.05, 3.63) is 63.7 Å². The second-order valence-corrected chi connectivity index (χ2v) is 13.1. The van der Waals surface area contributed by atoms with Crippen molar-refractivity contribution in [2.45, 2.75) is 64.2 Å². The Morgan fingerprint density at radius 1 is 1.13 bits per heavy atom. The Balaban J connectivity index is 1.57. The van der Waals surface area contributed by atoms with Crippen LogP contribution in [0, 0.1) is 5.92 Å². The Morgan fingerprint density at radius 3 is 2.63 bits per heavy atom. The van der Waals surface area contributed by atoms with Crippen LogP contribution in [0.4, 0.5) is 9.59 Å². The summed E-state index contributed by atoms with van der Waals surface area (Å²) in [6.07, 6.45) is 1.70. The summed E-state index contributed by atoms with van der Waals surface area (Å²) in [5, 5.41) is 6.23. The van der Waals surface area contributed by atoms with Crippen molar-refractivity contribution in [1.29, 1.82) is 0 Å². The number of amides is 3. The first-order valence-corrected chi connectivity index (χ1v) is 16.1. The van der Waals surface area contributed by atoms with Crippen molar-refractivity contribution in [3.63, 3.8) is 0 Å². The monoisotopic (exact) mass is 659 g/mol. The second-order valence-electron chi connectivity index (χ2n) is 12.6. The number of carbonyl (C=O) groups excluding carboxylic acids is 3. The molecule has 2 heterocycles. The van der Waals surface area contributed by atoms with Gasteiger partial charge in [-0.2, -0.15) is 0 Å². The summed E-state index contributed by atoms with van der Waals surface area (Å²) in [5.41, 5.74) is 2.28. The molecule has 2 aliphatic heterocycles. The predicted octanol–water partition coefficient (Wildman–Crippen LogP) is 5.52. The molecule has 1 fully saturated rings. The first-order valence-electron chi connectivity index (χ1n) is 15.8. The number of hydrogen-bond acceptors (Lipinski definition) is 8. The molecule has 12 heteroatoms. The molecule has 0 spiro atoms. The number of methoxy groups -OCH3 is 1. The minimum absolute atomic E-state index is 0.182. The molecule has 4 rings (SSSR count). The van der Waals surface area contributed by atoms with Gasteiger partial charge in [-0.3, -0.25) is 4.79 Å². The van der Waals surface area contributed by atoms with Crippen molar-refractivity contribution in [1.82, 2.24) is 15.5 Å². The number of nitrogens with one attached hydrogen (secondary N) is 2. The maximum atomic E-state index is 13.7. The van der Waals surface area contributed by atoms with Gasteiger partial charge in [0.15, 0.2) is 0 Å². The molecule has 0 aliphatic carbocycles. The number of benzene rings is 2. The van der Waals surface area contributed by atoms with E-state index < -0.39 is 23.9 Å². The van der Waals surface area contributed by atoms with Crippen LogP contribution in [-0.2, 0) is 25.4 Å². The Kier molecular flexibility index (Phi) is 12.5. The molecule has 3 atom stereocenters. The van der Waals surface area contributed by atoms with Crippen molar-refractivity contribution in [3.8, 4) is 5.75 Å². The highest BCUT2D eigenvalue weighted by Crippen LogP contribution is 2.38. The molecular formula is C34H46ClN3O8. The van der Waals surface area contributed by atoms with Crippen LogP contribution in [0.3, 0.4) is 0 Å². The highest BCUT2D eigenvalue weighted by atomic mass is 35.5. The fraction of sp³-hybridized carbons (Fsp3) is 0.559. The molecule has 252 valence electrons. The maximum Gasteiger partial charge on any atom is 0.410 e. The van der Waals surface area contributed by atoms with Crippen LogP contribution in [0.5, 0.6) is 5.75 Å². The van der Waals surface area contributed by atoms with Crippen molar-refractivity contribution >= 4 is 29.7 Å². The third-order valence-electron chi connectivity index (χ3n) is 7.98.